The van der Waals surface area contributed by atoms with Crippen LogP contribution in [0.4, 0.5) is 5.69 Å². The van der Waals surface area contributed by atoms with E-state index in [0.29, 0.717) is 13.0 Å². The molecule has 0 fully saturated rings. The van der Waals surface area contributed by atoms with E-state index < -0.39 is 0 Å². The molecule has 0 bridgehead atoms. The van der Waals surface area contributed by atoms with E-state index in [2.05, 4.69) is 10.3 Å². The molecule has 2 aromatic carbocycles. The highest BCUT2D eigenvalue weighted by molar-refractivity contribution is 6.30. The highest BCUT2D eigenvalue weighted by atomic mass is 35.5. The molecule has 1 unspecified atom stereocenters. The predicted octanol–water partition coefficient (Wildman–Crippen LogP) is 4.97. The van der Waals surface area contributed by atoms with Gasteiger partial charge in [-0.1, -0.05) is 30.7 Å². The van der Waals surface area contributed by atoms with Gasteiger partial charge in [-0.15, -0.1) is 0 Å². The molecule has 1 heterocycles. The normalized spacial score (nSPS) is 11.8. The molecule has 0 aliphatic rings. The lowest BCUT2D eigenvalue weighted by molar-refractivity contribution is -0.115. The molecule has 6 heteroatoms. The van der Waals surface area contributed by atoms with Gasteiger partial charge in [0, 0.05) is 29.5 Å². The minimum absolute atomic E-state index is 0.00498. The van der Waals surface area contributed by atoms with E-state index in [1.165, 1.54) is 5.56 Å². The van der Waals surface area contributed by atoms with E-state index >= 15 is 0 Å². The summed E-state index contributed by atoms with van der Waals surface area (Å²) in [5, 5.41) is 3.58. The smallest absolute Gasteiger partial charge is 0.224 e. The van der Waals surface area contributed by atoms with E-state index in [9.17, 15) is 4.79 Å². The fourth-order valence-corrected chi connectivity index (χ4v) is 2.98. The van der Waals surface area contributed by atoms with Crippen LogP contribution in [0.25, 0.3) is 0 Å². The summed E-state index contributed by atoms with van der Waals surface area (Å²) in [5.41, 5.74) is 1.99. The van der Waals surface area contributed by atoms with Crippen LogP contribution in [0, 0.1) is 0 Å². The van der Waals surface area contributed by atoms with E-state index in [1.807, 2.05) is 66.2 Å². The van der Waals surface area contributed by atoms with Crippen LogP contribution in [-0.4, -0.2) is 21.6 Å². The van der Waals surface area contributed by atoms with Gasteiger partial charge < -0.3 is 14.6 Å². The number of ether oxygens (including phenoxy) is 1. The molecule has 146 valence electrons. The van der Waals surface area contributed by atoms with Crippen molar-refractivity contribution in [3.05, 3.63) is 77.8 Å². The zero-order chi connectivity index (χ0) is 19.8. The number of anilines is 1. The maximum atomic E-state index is 11.5. The van der Waals surface area contributed by atoms with Crippen LogP contribution < -0.4 is 10.1 Å². The second-order valence-corrected chi connectivity index (χ2v) is 7.03. The third-order valence-corrected chi connectivity index (χ3v) is 4.66. The van der Waals surface area contributed by atoms with Crippen LogP contribution in [0.3, 0.4) is 0 Å². The first-order chi connectivity index (χ1) is 13.6. The molecule has 0 aliphatic carbocycles. The SMILES string of the molecule is CCC(=O)Nc1ccc(OC(CCc2ccc(Cl)cc2)Cn2ccnc2)cc1. The average molecular weight is 398 g/mol. The van der Waals surface area contributed by atoms with Crippen molar-refractivity contribution in [3.8, 4) is 5.75 Å². The van der Waals surface area contributed by atoms with E-state index in [-0.39, 0.29) is 12.0 Å². The number of halogens is 1. The lowest BCUT2D eigenvalue weighted by atomic mass is 10.1. The molecule has 28 heavy (non-hydrogen) atoms. The van der Waals surface area contributed by atoms with Gasteiger partial charge in [-0.25, -0.2) is 4.98 Å². The second-order valence-electron chi connectivity index (χ2n) is 6.59. The third-order valence-electron chi connectivity index (χ3n) is 4.40. The number of hydrogen-bond donors (Lipinski definition) is 1. The molecular formula is C22H24ClN3O2. The number of rotatable bonds is 9. The number of carbonyl (C=O) groups is 1. The molecule has 1 N–H and O–H groups in total. The Morgan fingerprint density at radius 2 is 1.93 bits per heavy atom. The Hall–Kier alpha value is -2.79. The molecular weight excluding hydrogens is 374 g/mol. The second kappa shape index (κ2) is 9.95. The molecule has 1 atom stereocenters. The quantitative estimate of drug-likeness (QED) is 0.554. The molecule has 0 spiro atoms. The molecule has 3 rings (SSSR count). The highest BCUT2D eigenvalue weighted by Gasteiger charge is 2.12. The molecule has 0 radical (unpaired) electrons. The summed E-state index contributed by atoms with van der Waals surface area (Å²) in [4.78, 5) is 15.6. The molecule has 3 aromatic rings. The van der Waals surface area contributed by atoms with Crippen molar-refractivity contribution in [3.63, 3.8) is 0 Å². The van der Waals surface area contributed by atoms with Crippen LogP contribution in [0.5, 0.6) is 5.75 Å². The van der Waals surface area contributed by atoms with E-state index in [0.717, 1.165) is 29.3 Å². The average Bonchev–Trinajstić information content (AvgIpc) is 3.22. The lowest BCUT2D eigenvalue weighted by Gasteiger charge is -2.20. The van der Waals surface area contributed by atoms with Crippen LogP contribution >= 0.6 is 11.6 Å². The van der Waals surface area contributed by atoms with Crippen molar-refractivity contribution >= 4 is 23.2 Å². The van der Waals surface area contributed by atoms with Gasteiger partial charge in [0.15, 0.2) is 0 Å². The first kappa shape index (κ1) is 20.0. The Labute approximate surface area is 170 Å². The van der Waals surface area contributed by atoms with Crippen molar-refractivity contribution < 1.29 is 9.53 Å². The monoisotopic (exact) mass is 397 g/mol. The number of hydrogen-bond acceptors (Lipinski definition) is 3. The van der Waals surface area contributed by atoms with Crippen molar-refractivity contribution in [1.29, 1.82) is 0 Å². The number of nitrogens with zero attached hydrogens (tertiary/aromatic N) is 2. The summed E-state index contributed by atoms with van der Waals surface area (Å²) in [7, 11) is 0. The van der Waals surface area contributed by atoms with Crippen molar-refractivity contribution in [1.82, 2.24) is 9.55 Å². The van der Waals surface area contributed by atoms with Crippen LogP contribution in [0.15, 0.2) is 67.3 Å². The number of aromatic nitrogens is 2. The fraction of sp³-hybridized carbons (Fsp3) is 0.273. The Balaban J connectivity index is 1.64. The molecule has 0 saturated carbocycles. The van der Waals surface area contributed by atoms with Crippen molar-refractivity contribution in [2.45, 2.75) is 38.8 Å². The zero-order valence-electron chi connectivity index (χ0n) is 15.8. The number of imidazole rings is 1. The van der Waals surface area contributed by atoms with Gasteiger partial charge in [0.05, 0.1) is 12.9 Å². The van der Waals surface area contributed by atoms with Gasteiger partial charge in [0.1, 0.15) is 11.9 Å². The zero-order valence-corrected chi connectivity index (χ0v) is 16.6. The minimum atomic E-state index is -0.0130. The number of nitrogens with one attached hydrogen (secondary N) is 1. The van der Waals surface area contributed by atoms with Gasteiger partial charge in [-0.05, 0) is 54.8 Å². The summed E-state index contributed by atoms with van der Waals surface area (Å²) in [5.74, 6) is 0.769. The number of benzene rings is 2. The molecule has 1 aromatic heterocycles. The Bertz CT molecular complexity index is 862. The Kier molecular flexibility index (Phi) is 7.09. The molecule has 5 nitrogen and oxygen atoms in total. The van der Waals surface area contributed by atoms with Crippen LogP contribution in [0.2, 0.25) is 5.02 Å². The Morgan fingerprint density at radius 3 is 2.57 bits per heavy atom. The van der Waals surface area contributed by atoms with Crippen LogP contribution in [-0.2, 0) is 17.8 Å². The number of amides is 1. The lowest BCUT2D eigenvalue weighted by Crippen LogP contribution is -2.23. The van der Waals surface area contributed by atoms with E-state index in [1.54, 1.807) is 12.5 Å². The van der Waals surface area contributed by atoms with E-state index in [4.69, 9.17) is 16.3 Å². The molecule has 0 aliphatic heterocycles. The number of carbonyl (C=O) groups excluding carboxylic acids is 1. The van der Waals surface area contributed by atoms with Gasteiger partial charge >= 0.3 is 0 Å². The van der Waals surface area contributed by atoms with Crippen LogP contribution in [0.1, 0.15) is 25.3 Å². The summed E-state index contributed by atoms with van der Waals surface area (Å²) in [6.45, 7) is 2.54. The van der Waals surface area contributed by atoms with Gasteiger partial charge in [-0.3, -0.25) is 4.79 Å². The minimum Gasteiger partial charge on any atom is -0.489 e. The van der Waals surface area contributed by atoms with Gasteiger partial charge in [0.2, 0.25) is 5.91 Å². The fourth-order valence-electron chi connectivity index (χ4n) is 2.85. The van der Waals surface area contributed by atoms with Gasteiger partial charge in [-0.2, -0.15) is 0 Å². The maximum Gasteiger partial charge on any atom is 0.224 e. The third kappa shape index (κ3) is 6.13. The summed E-state index contributed by atoms with van der Waals surface area (Å²) in [6.07, 6.45) is 7.68. The topological polar surface area (TPSA) is 56.1 Å². The van der Waals surface area contributed by atoms with Crippen molar-refractivity contribution in [2.75, 3.05) is 5.32 Å². The standard InChI is InChI=1S/C22H24ClN3O2/c1-2-22(27)25-19-8-11-20(12-9-19)28-21(15-26-14-13-24-16-26)10-5-17-3-6-18(23)7-4-17/h3-4,6-9,11-14,16,21H,2,5,10,15H2,1H3,(H,25,27). The first-order valence-corrected chi connectivity index (χ1v) is 9.77. The summed E-state index contributed by atoms with van der Waals surface area (Å²) in [6, 6.07) is 15.4. The van der Waals surface area contributed by atoms with Gasteiger partial charge in [0.25, 0.3) is 0 Å². The summed E-state index contributed by atoms with van der Waals surface area (Å²) >= 11 is 5.97. The largest absolute Gasteiger partial charge is 0.489 e. The highest BCUT2D eigenvalue weighted by Crippen LogP contribution is 2.20. The summed E-state index contributed by atoms with van der Waals surface area (Å²) < 4.78 is 8.25. The van der Waals surface area contributed by atoms with Crippen molar-refractivity contribution in [2.24, 2.45) is 0 Å². The first-order valence-electron chi connectivity index (χ1n) is 9.39. The molecule has 1 amide bonds. The Morgan fingerprint density at radius 1 is 1.18 bits per heavy atom. The number of aryl methyl sites for hydroxylation is 1. The molecule has 0 saturated heterocycles. The maximum absolute atomic E-state index is 11.5. The predicted molar refractivity (Wildman–Crippen MR) is 112 cm³/mol.